The Balaban J connectivity index is 1.28. The van der Waals surface area contributed by atoms with Crippen molar-refractivity contribution in [1.82, 2.24) is 14.9 Å². The van der Waals surface area contributed by atoms with Crippen molar-refractivity contribution < 1.29 is 4.42 Å². The molecule has 0 N–H and O–H groups in total. The molecule has 2 fully saturated rings. The van der Waals surface area contributed by atoms with E-state index >= 15 is 0 Å². The molecule has 3 atom stereocenters. The molecule has 5 heterocycles. The first kappa shape index (κ1) is 19.0. The average Bonchev–Trinajstić information content (AvgIpc) is 3.07. The van der Waals surface area contributed by atoms with E-state index in [2.05, 4.69) is 22.9 Å². The van der Waals surface area contributed by atoms with E-state index in [0.717, 1.165) is 43.9 Å². The molecule has 0 aliphatic carbocycles. The zero-order valence-corrected chi connectivity index (χ0v) is 18.0. The molecular weight excluding hydrogens is 388 g/mol. The lowest BCUT2D eigenvalue weighted by atomic mass is 9.98. The number of fused-ring (bicyclic) bond motifs is 5. The quantitative estimate of drug-likeness (QED) is 0.641. The Morgan fingerprint density at radius 2 is 2.10 bits per heavy atom. The summed E-state index contributed by atoms with van der Waals surface area (Å²) < 4.78 is 5.76. The van der Waals surface area contributed by atoms with Crippen LogP contribution < -0.4 is 10.3 Å². The molecule has 3 aliphatic heterocycles. The first-order chi connectivity index (χ1) is 15.2. The van der Waals surface area contributed by atoms with Crippen molar-refractivity contribution in [2.45, 2.75) is 57.7 Å². The van der Waals surface area contributed by atoms with Gasteiger partial charge in [-0.3, -0.25) is 9.69 Å². The molecule has 2 bridgehead atoms. The molecule has 3 aromatic rings. The van der Waals surface area contributed by atoms with Crippen LogP contribution in [0.15, 0.2) is 45.9 Å². The number of benzene rings is 1. The number of aromatic nitrogens is 2. The van der Waals surface area contributed by atoms with E-state index < -0.39 is 0 Å². The number of hydrogen-bond acceptors (Lipinski definition) is 6. The highest BCUT2D eigenvalue weighted by atomic mass is 16.3. The number of rotatable bonds is 3. The molecule has 0 saturated carbocycles. The minimum atomic E-state index is 0.0814. The van der Waals surface area contributed by atoms with Gasteiger partial charge in [0.15, 0.2) is 5.43 Å². The summed E-state index contributed by atoms with van der Waals surface area (Å²) in [7, 11) is 0. The van der Waals surface area contributed by atoms with Gasteiger partial charge < -0.3 is 9.32 Å². The third-order valence-corrected chi connectivity index (χ3v) is 7.36. The standard InChI is InChI=1S/C25H28N4O2/c1-16-5-4-10-28(13-16)25-26-12-20-21(27-25)11-18-8-9-22(20)29(18)14-17-15-31-23-7-3-2-6-19(23)24(17)30/h2-3,6-7,12,15-16,18,22H,4-5,8-11,13-14H2,1H3/t16-,18-,22-/m1/s1. The molecule has 0 radical (unpaired) electrons. The third-order valence-electron chi connectivity index (χ3n) is 7.36. The summed E-state index contributed by atoms with van der Waals surface area (Å²) in [6, 6.07) is 8.19. The Hall–Kier alpha value is -2.73. The molecule has 0 amide bonds. The number of para-hydroxylation sites is 1. The zero-order valence-electron chi connectivity index (χ0n) is 18.0. The lowest BCUT2D eigenvalue weighted by Crippen LogP contribution is -2.40. The van der Waals surface area contributed by atoms with Crippen LogP contribution in [-0.4, -0.2) is 34.0 Å². The molecular formula is C25H28N4O2. The number of anilines is 1. The molecule has 2 aromatic heterocycles. The summed E-state index contributed by atoms with van der Waals surface area (Å²) >= 11 is 0. The minimum Gasteiger partial charge on any atom is -0.464 e. The van der Waals surface area contributed by atoms with Crippen LogP contribution in [0.1, 0.15) is 55.5 Å². The van der Waals surface area contributed by atoms with E-state index in [9.17, 15) is 4.79 Å². The fourth-order valence-electron chi connectivity index (χ4n) is 5.76. The van der Waals surface area contributed by atoms with Gasteiger partial charge in [-0.25, -0.2) is 9.97 Å². The van der Waals surface area contributed by atoms with Crippen molar-refractivity contribution in [2.24, 2.45) is 5.92 Å². The monoisotopic (exact) mass is 416 g/mol. The van der Waals surface area contributed by atoms with Crippen molar-refractivity contribution in [3.63, 3.8) is 0 Å². The SMILES string of the molecule is C[C@@H]1CCCN(c2ncc3c(n2)C[C@H]2CC[C@H]3N2Cc2coc3ccccc3c2=O)C1. The van der Waals surface area contributed by atoms with E-state index in [4.69, 9.17) is 14.4 Å². The molecule has 31 heavy (non-hydrogen) atoms. The van der Waals surface area contributed by atoms with Crippen LogP contribution in [0.3, 0.4) is 0 Å². The van der Waals surface area contributed by atoms with E-state index in [1.165, 1.54) is 24.1 Å². The lowest BCUT2D eigenvalue weighted by molar-refractivity contribution is 0.164. The fourth-order valence-corrected chi connectivity index (χ4v) is 5.76. The van der Waals surface area contributed by atoms with Crippen molar-refractivity contribution >= 4 is 16.9 Å². The molecule has 6 nitrogen and oxygen atoms in total. The van der Waals surface area contributed by atoms with Crippen molar-refractivity contribution in [3.8, 4) is 0 Å². The van der Waals surface area contributed by atoms with Gasteiger partial charge in [-0.2, -0.15) is 0 Å². The summed E-state index contributed by atoms with van der Waals surface area (Å²) in [4.78, 5) is 27.6. The highest BCUT2D eigenvalue weighted by molar-refractivity contribution is 5.76. The maximum absolute atomic E-state index is 13.0. The van der Waals surface area contributed by atoms with E-state index in [0.29, 0.717) is 29.5 Å². The van der Waals surface area contributed by atoms with Gasteiger partial charge in [0, 0.05) is 55.5 Å². The second kappa shape index (κ2) is 7.45. The highest BCUT2D eigenvalue weighted by Crippen LogP contribution is 2.44. The largest absolute Gasteiger partial charge is 0.464 e. The third kappa shape index (κ3) is 3.24. The predicted octanol–water partition coefficient (Wildman–Crippen LogP) is 4.08. The van der Waals surface area contributed by atoms with Gasteiger partial charge in [-0.15, -0.1) is 0 Å². The van der Waals surface area contributed by atoms with Crippen LogP contribution in [0.2, 0.25) is 0 Å². The summed E-state index contributed by atoms with van der Waals surface area (Å²) in [5.74, 6) is 1.60. The topological polar surface area (TPSA) is 62.5 Å². The van der Waals surface area contributed by atoms with Gasteiger partial charge in [0.25, 0.3) is 0 Å². The van der Waals surface area contributed by atoms with Crippen LogP contribution >= 0.6 is 0 Å². The average molecular weight is 417 g/mol. The number of nitrogens with zero attached hydrogens (tertiary/aromatic N) is 4. The second-order valence-corrected chi connectivity index (χ2v) is 9.48. The van der Waals surface area contributed by atoms with Crippen LogP contribution in [-0.2, 0) is 13.0 Å². The van der Waals surface area contributed by atoms with Crippen molar-refractivity contribution in [2.75, 3.05) is 18.0 Å². The summed E-state index contributed by atoms with van der Waals surface area (Å²) in [5.41, 5.74) is 3.91. The predicted molar refractivity (Wildman–Crippen MR) is 120 cm³/mol. The molecule has 0 unspecified atom stereocenters. The van der Waals surface area contributed by atoms with Crippen LogP contribution in [0, 0.1) is 5.92 Å². The van der Waals surface area contributed by atoms with Crippen molar-refractivity contribution in [3.05, 3.63) is 63.8 Å². The van der Waals surface area contributed by atoms with E-state index in [1.807, 2.05) is 24.3 Å². The Kier molecular flexibility index (Phi) is 4.56. The zero-order chi connectivity index (χ0) is 20.9. The van der Waals surface area contributed by atoms with Gasteiger partial charge in [0.2, 0.25) is 5.95 Å². The molecule has 0 spiro atoms. The van der Waals surface area contributed by atoms with Gasteiger partial charge >= 0.3 is 0 Å². The van der Waals surface area contributed by atoms with E-state index in [-0.39, 0.29) is 11.5 Å². The Bertz CT molecular complexity index is 1190. The van der Waals surface area contributed by atoms with Gasteiger partial charge in [0.1, 0.15) is 5.58 Å². The molecule has 1 aromatic carbocycles. The van der Waals surface area contributed by atoms with Crippen LogP contribution in [0.25, 0.3) is 11.0 Å². The number of hydrogen-bond donors (Lipinski definition) is 0. The highest BCUT2D eigenvalue weighted by Gasteiger charge is 2.41. The lowest BCUT2D eigenvalue weighted by Gasteiger charge is -2.36. The number of piperidine rings is 1. The maximum Gasteiger partial charge on any atom is 0.225 e. The molecule has 6 rings (SSSR count). The maximum atomic E-state index is 13.0. The first-order valence-corrected chi connectivity index (χ1v) is 11.5. The van der Waals surface area contributed by atoms with Gasteiger partial charge in [0.05, 0.1) is 17.3 Å². The summed E-state index contributed by atoms with van der Waals surface area (Å²) in [6.07, 6.45) is 9.38. The molecule has 3 aliphatic rings. The molecule has 2 saturated heterocycles. The van der Waals surface area contributed by atoms with Gasteiger partial charge in [-0.1, -0.05) is 19.1 Å². The minimum absolute atomic E-state index is 0.0814. The Morgan fingerprint density at radius 3 is 3.00 bits per heavy atom. The first-order valence-electron chi connectivity index (χ1n) is 11.5. The van der Waals surface area contributed by atoms with Gasteiger partial charge in [-0.05, 0) is 43.7 Å². The van der Waals surface area contributed by atoms with Crippen LogP contribution in [0.4, 0.5) is 5.95 Å². The van der Waals surface area contributed by atoms with Crippen molar-refractivity contribution in [1.29, 1.82) is 0 Å². The smallest absolute Gasteiger partial charge is 0.225 e. The molecule has 160 valence electrons. The fraction of sp³-hybridized carbons (Fsp3) is 0.480. The molecule has 6 heteroatoms. The Morgan fingerprint density at radius 1 is 1.19 bits per heavy atom. The second-order valence-electron chi connectivity index (χ2n) is 9.48. The normalized spacial score (nSPS) is 25.7. The summed E-state index contributed by atoms with van der Waals surface area (Å²) in [5, 5.41) is 0.661. The summed E-state index contributed by atoms with van der Waals surface area (Å²) in [6.45, 7) is 5.04. The van der Waals surface area contributed by atoms with Crippen LogP contribution in [0.5, 0.6) is 0 Å². The Labute approximate surface area is 181 Å². The van der Waals surface area contributed by atoms with E-state index in [1.54, 1.807) is 6.26 Å².